The van der Waals surface area contributed by atoms with E-state index in [1.165, 1.54) is 17.7 Å². The molecule has 0 spiro atoms. The Bertz CT molecular complexity index is 957. The van der Waals surface area contributed by atoms with Crippen LogP contribution in [0.1, 0.15) is 43.9 Å². The average Bonchev–Trinajstić information content (AvgIpc) is 2.61. The first kappa shape index (κ1) is 19.3. The number of benzene rings is 2. The van der Waals surface area contributed by atoms with Gasteiger partial charge in [0.05, 0.1) is 15.9 Å². The molecule has 7 nitrogen and oxygen atoms in total. The molecule has 0 saturated carbocycles. The van der Waals surface area contributed by atoms with Crippen LogP contribution in [0.5, 0.6) is 0 Å². The van der Waals surface area contributed by atoms with Crippen LogP contribution in [0.15, 0.2) is 47.4 Å². The van der Waals surface area contributed by atoms with Crippen LogP contribution in [0.3, 0.4) is 0 Å². The van der Waals surface area contributed by atoms with Gasteiger partial charge < -0.3 is 5.32 Å². The molecule has 0 aromatic heterocycles. The maximum Gasteiger partial charge on any atom is 0.293 e. The number of fused-ring (bicyclic) bond motifs is 1. The summed E-state index contributed by atoms with van der Waals surface area (Å²) in [6.07, 6.45) is 2.85. The Labute approximate surface area is 159 Å². The number of hydrogen-bond donors (Lipinski definition) is 2. The maximum atomic E-state index is 12.3. The van der Waals surface area contributed by atoms with E-state index in [-0.39, 0.29) is 22.7 Å². The lowest BCUT2D eigenvalue weighted by Crippen LogP contribution is -2.30. The van der Waals surface area contributed by atoms with Crippen molar-refractivity contribution in [2.75, 3.05) is 5.32 Å². The van der Waals surface area contributed by atoms with Crippen molar-refractivity contribution in [2.24, 2.45) is 0 Å². The molecule has 1 aliphatic carbocycles. The van der Waals surface area contributed by atoms with E-state index in [0.29, 0.717) is 5.69 Å². The molecule has 8 heteroatoms. The predicted molar refractivity (Wildman–Crippen MR) is 104 cm³/mol. The highest BCUT2D eigenvalue weighted by Crippen LogP contribution is 2.36. The molecule has 0 heterocycles. The van der Waals surface area contributed by atoms with Crippen LogP contribution in [-0.4, -0.2) is 19.4 Å². The monoisotopic (exact) mass is 389 g/mol. The van der Waals surface area contributed by atoms with Crippen molar-refractivity contribution in [1.82, 2.24) is 4.72 Å². The summed E-state index contributed by atoms with van der Waals surface area (Å²) in [5, 5.41) is 14.8. The molecule has 144 valence electrons. The summed E-state index contributed by atoms with van der Waals surface area (Å²) in [6.45, 7) is 3.39. The number of anilines is 1. The molecular weight excluding hydrogens is 366 g/mol. The lowest BCUT2D eigenvalue weighted by Gasteiger charge is -2.27. The normalized spacial score (nSPS) is 16.8. The number of rotatable bonds is 6. The number of nitro groups is 1. The van der Waals surface area contributed by atoms with Gasteiger partial charge in [-0.3, -0.25) is 10.1 Å². The van der Waals surface area contributed by atoms with Crippen LogP contribution in [0, 0.1) is 10.1 Å². The van der Waals surface area contributed by atoms with Gasteiger partial charge in [-0.25, -0.2) is 13.1 Å². The largest absolute Gasteiger partial charge is 0.373 e. The van der Waals surface area contributed by atoms with Crippen molar-refractivity contribution in [3.05, 3.63) is 63.7 Å². The van der Waals surface area contributed by atoms with Crippen LogP contribution in [-0.2, 0) is 16.4 Å². The van der Waals surface area contributed by atoms with Crippen molar-refractivity contribution in [2.45, 2.75) is 50.1 Å². The van der Waals surface area contributed by atoms with E-state index in [2.05, 4.69) is 16.1 Å². The minimum Gasteiger partial charge on any atom is -0.373 e. The van der Waals surface area contributed by atoms with E-state index in [0.717, 1.165) is 30.9 Å². The zero-order chi connectivity index (χ0) is 19.6. The zero-order valence-corrected chi connectivity index (χ0v) is 16.1. The Hall–Kier alpha value is -2.45. The summed E-state index contributed by atoms with van der Waals surface area (Å²) >= 11 is 0. The Balaban J connectivity index is 1.94. The second-order valence-electron chi connectivity index (χ2n) is 7.00. The Morgan fingerprint density at radius 3 is 2.63 bits per heavy atom. The number of nitro benzene ring substituents is 1. The minimum absolute atomic E-state index is 0.0371. The topological polar surface area (TPSA) is 101 Å². The van der Waals surface area contributed by atoms with E-state index in [1.54, 1.807) is 13.8 Å². The van der Waals surface area contributed by atoms with Gasteiger partial charge in [-0.15, -0.1) is 0 Å². The van der Waals surface area contributed by atoms with Gasteiger partial charge in [-0.05, 0) is 56.4 Å². The highest BCUT2D eigenvalue weighted by molar-refractivity contribution is 7.89. The van der Waals surface area contributed by atoms with Gasteiger partial charge in [-0.1, -0.05) is 24.3 Å². The lowest BCUT2D eigenvalue weighted by atomic mass is 9.87. The van der Waals surface area contributed by atoms with E-state index >= 15 is 0 Å². The summed E-state index contributed by atoms with van der Waals surface area (Å²) in [6, 6.07) is 11.7. The molecule has 0 amide bonds. The van der Waals surface area contributed by atoms with Gasteiger partial charge in [-0.2, -0.15) is 0 Å². The minimum atomic E-state index is -3.80. The molecule has 0 radical (unpaired) electrons. The molecule has 0 unspecified atom stereocenters. The SMILES string of the molecule is CC(C)NS(=O)(=O)c1ccc(N[C@@H]2CCCc3ccccc32)c([N+](=O)[O-])c1. The van der Waals surface area contributed by atoms with Crippen molar-refractivity contribution < 1.29 is 13.3 Å². The number of aryl methyl sites for hydroxylation is 1. The summed E-state index contributed by atoms with van der Waals surface area (Å²) in [4.78, 5) is 10.9. The summed E-state index contributed by atoms with van der Waals surface area (Å²) in [7, 11) is -3.80. The van der Waals surface area contributed by atoms with Gasteiger partial charge in [0, 0.05) is 12.1 Å². The Kier molecular flexibility index (Phi) is 5.48. The molecule has 0 saturated heterocycles. The lowest BCUT2D eigenvalue weighted by molar-refractivity contribution is -0.384. The van der Waals surface area contributed by atoms with E-state index in [1.807, 2.05) is 18.2 Å². The first-order valence-corrected chi connectivity index (χ1v) is 10.4. The number of sulfonamides is 1. The third kappa shape index (κ3) is 4.28. The Morgan fingerprint density at radius 2 is 1.93 bits per heavy atom. The van der Waals surface area contributed by atoms with Crippen LogP contribution < -0.4 is 10.0 Å². The fraction of sp³-hybridized carbons (Fsp3) is 0.368. The fourth-order valence-electron chi connectivity index (χ4n) is 3.42. The maximum absolute atomic E-state index is 12.3. The quantitative estimate of drug-likeness (QED) is 0.578. The van der Waals surface area contributed by atoms with Crippen LogP contribution in [0.25, 0.3) is 0 Å². The summed E-state index contributed by atoms with van der Waals surface area (Å²) in [5.74, 6) is 0. The Morgan fingerprint density at radius 1 is 1.19 bits per heavy atom. The molecule has 1 atom stereocenters. The molecule has 0 fully saturated rings. The van der Waals surface area contributed by atoms with E-state index < -0.39 is 14.9 Å². The number of nitrogens with zero attached hydrogens (tertiary/aromatic N) is 1. The molecular formula is C19H23N3O4S. The van der Waals surface area contributed by atoms with Gasteiger partial charge in [0.2, 0.25) is 10.0 Å². The standard InChI is InChI=1S/C19H23N3O4S/c1-13(2)21-27(25,26)15-10-11-18(19(12-15)22(23)24)20-17-9-5-7-14-6-3-4-8-16(14)17/h3-4,6,8,10-13,17,20-21H,5,7,9H2,1-2H3/t17-/m1/s1. The third-order valence-electron chi connectivity index (χ3n) is 4.57. The van der Waals surface area contributed by atoms with Crippen molar-refractivity contribution in [1.29, 1.82) is 0 Å². The molecule has 1 aliphatic rings. The van der Waals surface area contributed by atoms with Crippen molar-refractivity contribution >= 4 is 21.4 Å². The van der Waals surface area contributed by atoms with Gasteiger partial charge in [0.1, 0.15) is 5.69 Å². The number of nitrogens with one attached hydrogen (secondary N) is 2. The molecule has 0 bridgehead atoms. The van der Waals surface area contributed by atoms with Crippen molar-refractivity contribution in [3.63, 3.8) is 0 Å². The van der Waals surface area contributed by atoms with Gasteiger partial charge in [0.25, 0.3) is 5.69 Å². The van der Waals surface area contributed by atoms with Crippen LogP contribution >= 0.6 is 0 Å². The smallest absolute Gasteiger partial charge is 0.293 e. The van der Waals surface area contributed by atoms with Crippen LogP contribution in [0.4, 0.5) is 11.4 Å². The van der Waals surface area contributed by atoms with Crippen molar-refractivity contribution in [3.8, 4) is 0 Å². The molecule has 0 aliphatic heterocycles. The molecule has 2 aromatic carbocycles. The second kappa shape index (κ2) is 7.66. The average molecular weight is 389 g/mol. The second-order valence-corrected chi connectivity index (χ2v) is 8.71. The first-order chi connectivity index (χ1) is 12.8. The predicted octanol–water partition coefficient (Wildman–Crippen LogP) is 3.77. The number of hydrogen-bond acceptors (Lipinski definition) is 5. The zero-order valence-electron chi connectivity index (χ0n) is 15.3. The van der Waals surface area contributed by atoms with Crippen LogP contribution in [0.2, 0.25) is 0 Å². The highest BCUT2D eigenvalue weighted by Gasteiger charge is 2.25. The summed E-state index contributed by atoms with van der Waals surface area (Å²) < 4.78 is 27.1. The fourth-order valence-corrected chi connectivity index (χ4v) is 4.69. The van der Waals surface area contributed by atoms with E-state index in [9.17, 15) is 18.5 Å². The first-order valence-electron chi connectivity index (χ1n) is 8.93. The molecule has 2 N–H and O–H groups in total. The molecule has 27 heavy (non-hydrogen) atoms. The van der Waals surface area contributed by atoms with E-state index in [4.69, 9.17) is 0 Å². The van der Waals surface area contributed by atoms with Gasteiger partial charge >= 0.3 is 0 Å². The van der Waals surface area contributed by atoms with Gasteiger partial charge in [0.15, 0.2) is 0 Å². The summed E-state index contributed by atoms with van der Waals surface area (Å²) in [5.41, 5.74) is 2.45. The third-order valence-corrected chi connectivity index (χ3v) is 6.22. The molecule has 3 rings (SSSR count). The highest BCUT2D eigenvalue weighted by atomic mass is 32.2. The molecule has 2 aromatic rings.